The molecule has 16 heavy (non-hydrogen) atoms. The maximum Gasteiger partial charge on any atom is 0.180 e. The van der Waals surface area contributed by atoms with Gasteiger partial charge in [-0.1, -0.05) is 30.3 Å². The van der Waals surface area contributed by atoms with Gasteiger partial charge in [-0.2, -0.15) is 0 Å². The Labute approximate surface area is 92.6 Å². The molecule has 0 aliphatic carbocycles. The number of pyridine rings is 1. The Kier molecular flexibility index (Phi) is 1.90. The van der Waals surface area contributed by atoms with Gasteiger partial charge in [0.25, 0.3) is 0 Å². The Morgan fingerprint density at radius 1 is 1.00 bits per heavy atom. The number of hydrogen-bond donors (Lipinski definition) is 1. The summed E-state index contributed by atoms with van der Waals surface area (Å²) in [4.78, 5) is 4.40. The van der Waals surface area contributed by atoms with Crippen molar-refractivity contribution in [2.75, 3.05) is 0 Å². The van der Waals surface area contributed by atoms with Crippen molar-refractivity contribution in [3.63, 3.8) is 0 Å². The Balaban J connectivity index is 2.23. The van der Waals surface area contributed by atoms with Gasteiger partial charge < -0.3 is 9.51 Å². The second kappa shape index (κ2) is 3.38. The van der Waals surface area contributed by atoms with Crippen LogP contribution in [0.3, 0.4) is 0 Å². The first kappa shape index (κ1) is 8.97. The SMILES string of the molecule is Oc1cccn2cc(-c3ccccc3)nc12. The minimum Gasteiger partial charge on any atom is -0.504 e. The lowest BCUT2D eigenvalue weighted by atomic mass is 10.2. The minimum absolute atomic E-state index is 0.199. The van der Waals surface area contributed by atoms with Gasteiger partial charge >= 0.3 is 0 Å². The maximum atomic E-state index is 9.65. The van der Waals surface area contributed by atoms with Crippen LogP contribution in [-0.4, -0.2) is 14.5 Å². The van der Waals surface area contributed by atoms with Gasteiger partial charge in [0.05, 0.1) is 5.69 Å². The number of rotatable bonds is 1. The summed E-state index contributed by atoms with van der Waals surface area (Å²) in [5.74, 6) is 0.199. The molecule has 0 saturated heterocycles. The zero-order valence-corrected chi connectivity index (χ0v) is 8.54. The molecule has 1 aromatic carbocycles. The van der Waals surface area contributed by atoms with E-state index >= 15 is 0 Å². The third-order valence-corrected chi connectivity index (χ3v) is 2.53. The molecule has 0 unspecified atom stereocenters. The maximum absolute atomic E-state index is 9.65. The van der Waals surface area contributed by atoms with Crippen LogP contribution in [0.2, 0.25) is 0 Å². The lowest BCUT2D eigenvalue weighted by molar-refractivity contribution is 0.477. The fraction of sp³-hybridized carbons (Fsp3) is 0. The second-order valence-electron chi connectivity index (χ2n) is 3.62. The van der Waals surface area contributed by atoms with Crippen molar-refractivity contribution >= 4 is 5.65 Å². The fourth-order valence-corrected chi connectivity index (χ4v) is 1.75. The van der Waals surface area contributed by atoms with Crippen LogP contribution in [0.4, 0.5) is 0 Å². The zero-order chi connectivity index (χ0) is 11.0. The van der Waals surface area contributed by atoms with Crippen molar-refractivity contribution in [1.82, 2.24) is 9.38 Å². The molecule has 1 N–H and O–H groups in total. The molecule has 0 amide bonds. The zero-order valence-electron chi connectivity index (χ0n) is 8.54. The van der Waals surface area contributed by atoms with E-state index in [1.807, 2.05) is 47.1 Å². The molecule has 0 aliphatic rings. The Hall–Kier alpha value is -2.29. The van der Waals surface area contributed by atoms with Gasteiger partial charge in [0, 0.05) is 18.0 Å². The number of aromatic hydroxyl groups is 1. The van der Waals surface area contributed by atoms with Crippen LogP contribution in [0.25, 0.3) is 16.9 Å². The monoisotopic (exact) mass is 210 g/mol. The summed E-state index contributed by atoms with van der Waals surface area (Å²) in [5.41, 5.74) is 2.49. The molecule has 78 valence electrons. The molecule has 0 spiro atoms. The molecule has 0 saturated carbocycles. The van der Waals surface area contributed by atoms with E-state index in [1.165, 1.54) is 0 Å². The van der Waals surface area contributed by atoms with Crippen LogP contribution < -0.4 is 0 Å². The summed E-state index contributed by atoms with van der Waals surface area (Å²) in [6.07, 6.45) is 3.78. The van der Waals surface area contributed by atoms with Gasteiger partial charge in [-0.25, -0.2) is 4.98 Å². The standard InChI is InChI=1S/C13H10N2O/c16-12-7-4-8-15-9-11(14-13(12)15)10-5-2-1-3-6-10/h1-9,16H. The Bertz CT molecular complexity index is 629. The molecule has 0 radical (unpaired) electrons. The third kappa shape index (κ3) is 1.34. The van der Waals surface area contributed by atoms with Crippen LogP contribution >= 0.6 is 0 Å². The Morgan fingerprint density at radius 2 is 1.81 bits per heavy atom. The lowest BCUT2D eigenvalue weighted by Crippen LogP contribution is -1.80. The van der Waals surface area contributed by atoms with E-state index in [4.69, 9.17) is 0 Å². The van der Waals surface area contributed by atoms with E-state index in [0.717, 1.165) is 11.3 Å². The second-order valence-corrected chi connectivity index (χ2v) is 3.62. The van der Waals surface area contributed by atoms with E-state index in [0.29, 0.717) is 5.65 Å². The van der Waals surface area contributed by atoms with Crippen LogP contribution in [0.15, 0.2) is 54.9 Å². The van der Waals surface area contributed by atoms with Crippen molar-refractivity contribution < 1.29 is 5.11 Å². The van der Waals surface area contributed by atoms with Gasteiger partial charge in [0.1, 0.15) is 0 Å². The van der Waals surface area contributed by atoms with Crippen molar-refractivity contribution in [3.05, 3.63) is 54.9 Å². The van der Waals surface area contributed by atoms with E-state index in [-0.39, 0.29) is 5.75 Å². The average molecular weight is 210 g/mol. The quantitative estimate of drug-likeness (QED) is 0.670. The molecule has 0 fully saturated rings. The first-order chi connectivity index (χ1) is 7.84. The number of aromatic nitrogens is 2. The normalized spacial score (nSPS) is 10.8. The summed E-state index contributed by atoms with van der Waals surface area (Å²) < 4.78 is 1.82. The molecular weight excluding hydrogens is 200 g/mol. The summed E-state index contributed by atoms with van der Waals surface area (Å²) in [6, 6.07) is 13.3. The molecule has 3 nitrogen and oxygen atoms in total. The summed E-state index contributed by atoms with van der Waals surface area (Å²) in [5, 5.41) is 9.65. The van der Waals surface area contributed by atoms with Crippen molar-refractivity contribution in [2.24, 2.45) is 0 Å². The smallest absolute Gasteiger partial charge is 0.180 e. The van der Waals surface area contributed by atoms with E-state index in [9.17, 15) is 5.11 Å². The first-order valence-electron chi connectivity index (χ1n) is 5.07. The van der Waals surface area contributed by atoms with Crippen molar-refractivity contribution in [1.29, 1.82) is 0 Å². The third-order valence-electron chi connectivity index (χ3n) is 2.53. The van der Waals surface area contributed by atoms with E-state index < -0.39 is 0 Å². The highest BCUT2D eigenvalue weighted by Gasteiger charge is 2.06. The molecule has 2 aromatic heterocycles. The number of benzene rings is 1. The van der Waals surface area contributed by atoms with E-state index in [1.54, 1.807) is 12.1 Å². The first-order valence-corrected chi connectivity index (χ1v) is 5.07. The van der Waals surface area contributed by atoms with E-state index in [2.05, 4.69) is 4.98 Å². The van der Waals surface area contributed by atoms with Crippen molar-refractivity contribution in [3.8, 4) is 17.0 Å². The van der Waals surface area contributed by atoms with Crippen molar-refractivity contribution in [2.45, 2.75) is 0 Å². The van der Waals surface area contributed by atoms with Gasteiger partial charge in [-0.05, 0) is 12.1 Å². The van der Waals surface area contributed by atoms with Gasteiger partial charge in [-0.3, -0.25) is 0 Å². The van der Waals surface area contributed by atoms with Gasteiger partial charge in [0.15, 0.2) is 11.4 Å². The average Bonchev–Trinajstić information content (AvgIpc) is 2.76. The van der Waals surface area contributed by atoms with Gasteiger partial charge in [0.2, 0.25) is 0 Å². The Morgan fingerprint density at radius 3 is 2.56 bits per heavy atom. The molecule has 3 aromatic rings. The summed E-state index contributed by atoms with van der Waals surface area (Å²) >= 11 is 0. The lowest BCUT2D eigenvalue weighted by Gasteiger charge is -1.93. The number of imidazole rings is 1. The van der Waals surface area contributed by atoms with Crippen LogP contribution in [0.5, 0.6) is 5.75 Å². The number of hydrogen-bond acceptors (Lipinski definition) is 2. The highest BCUT2D eigenvalue weighted by atomic mass is 16.3. The molecule has 3 rings (SSSR count). The summed E-state index contributed by atoms with van der Waals surface area (Å²) in [7, 11) is 0. The molecule has 0 bridgehead atoms. The largest absolute Gasteiger partial charge is 0.504 e. The molecule has 2 heterocycles. The number of fused-ring (bicyclic) bond motifs is 1. The minimum atomic E-state index is 0.199. The topological polar surface area (TPSA) is 37.5 Å². The molecule has 3 heteroatoms. The highest BCUT2D eigenvalue weighted by Crippen LogP contribution is 2.22. The van der Waals surface area contributed by atoms with Gasteiger partial charge in [-0.15, -0.1) is 0 Å². The fourth-order valence-electron chi connectivity index (χ4n) is 1.75. The molecule has 0 aliphatic heterocycles. The molecular formula is C13H10N2O. The van der Waals surface area contributed by atoms with Crippen LogP contribution in [-0.2, 0) is 0 Å². The predicted molar refractivity (Wildman–Crippen MR) is 62.3 cm³/mol. The molecule has 0 atom stereocenters. The number of nitrogens with zero attached hydrogens (tertiary/aromatic N) is 2. The van der Waals surface area contributed by atoms with Crippen LogP contribution in [0.1, 0.15) is 0 Å². The predicted octanol–water partition coefficient (Wildman–Crippen LogP) is 2.71. The summed E-state index contributed by atoms with van der Waals surface area (Å²) in [6.45, 7) is 0. The van der Waals surface area contributed by atoms with Crippen LogP contribution in [0, 0.1) is 0 Å². The highest BCUT2D eigenvalue weighted by molar-refractivity contribution is 5.65.